The number of nitrogens with zero attached hydrogens (tertiary/aromatic N) is 1. The summed E-state index contributed by atoms with van der Waals surface area (Å²) in [6.45, 7) is 3.40. The molecule has 3 rings (SSSR count). The monoisotopic (exact) mass is 310 g/mol. The number of carbonyl (C=O) groups is 1. The van der Waals surface area contributed by atoms with Gasteiger partial charge in [-0.05, 0) is 26.0 Å². The highest BCUT2D eigenvalue weighted by molar-refractivity contribution is 7.18. The highest BCUT2D eigenvalue weighted by Crippen LogP contribution is 2.30. The van der Waals surface area contributed by atoms with Gasteiger partial charge in [0, 0.05) is 25.7 Å². The van der Waals surface area contributed by atoms with Gasteiger partial charge in [0.05, 0.1) is 23.4 Å². The van der Waals surface area contributed by atoms with Crippen molar-refractivity contribution in [3.63, 3.8) is 0 Å². The Morgan fingerprint density at radius 1 is 1.57 bits per heavy atom. The fourth-order valence-corrected chi connectivity index (χ4v) is 3.24. The molecule has 2 aliphatic rings. The van der Waals surface area contributed by atoms with E-state index in [-0.39, 0.29) is 12.0 Å². The first-order valence-electron chi connectivity index (χ1n) is 7.36. The van der Waals surface area contributed by atoms with Gasteiger partial charge in [-0.15, -0.1) is 11.3 Å². The fourth-order valence-electron chi connectivity index (χ4n) is 2.35. The van der Waals surface area contributed by atoms with E-state index in [0.717, 1.165) is 44.1 Å². The van der Waals surface area contributed by atoms with E-state index >= 15 is 0 Å². The molecule has 1 unspecified atom stereocenters. The predicted octanol–water partition coefficient (Wildman–Crippen LogP) is 0.965. The number of nitrogens with one attached hydrogen (secondary N) is 2. The molecule has 4 N–H and O–H groups in total. The second-order valence-corrected chi connectivity index (χ2v) is 6.83. The molecule has 1 saturated carbocycles. The van der Waals surface area contributed by atoms with Crippen molar-refractivity contribution in [3.8, 4) is 0 Å². The summed E-state index contributed by atoms with van der Waals surface area (Å²) in [6.07, 6.45) is 2.33. The Morgan fingerprint density at radius 3 is 3.10 bits per heavy atom. The van der Waals surface area contributed by atoms with Crippen LogP contribution in [0.25, 0.3) is 0 Å². The molecule has 116 valence electrons. The molecule has 1 atom stereocenters. The number of amides is 1. The molecule has 0 spiro atoms. The summed E-state index contributed by atoms with van der Waals surface area (Å²) >= 11 is 1.41. The molecule has 2 heterocycles. The van der Waals surface area contributed by atoms with Crippen LogP contribution in [0.1, 0.15) is 22.5 Å². The summed E-state index contributed by atoms with van der Waals surface area (Å²) in [5, 5.41) is 7.22. The summed E-state index contributed by atoms with van der Waals surface area (Å²) in [5.41, 5.74) is 6.48. The lowest BCUT2D eigenvalue weighted by Crippen LogP contribution is -2.43. The number of likely N-dealkylation sites (N-methyl/N-ethyl adjacent to an activating group) is 1. The number of thiophene rings is 1. The Morgan fingerprint density at radius 2 is 2.38 bits per heavy atom. The van der Waals surface area contributed by atoms with E-state index in [1.165, 1.54) is 11.3 Å². The van der Waals surface area contributed by atoms with E-state index in [1.54, 1.807) is 0 Å². The Labute approximate surface area is 128 Å². The van der Waals surface area contributed by atoms with Crippen LogP contribution in [0.2, 0.25) is 0 Å². The van der Waals surface area contributed by atoms with Crippen LogP contribution in [0.5, 0.6) is 0 Å². The standard InChI is InChI=1S/C14H22N4O2S/c1-18-4-5-20-10(8-18)7-16-12-6-11(15)13(21-12)14(19)17-9-2-3-9/h6,9-10,16H,2-5,7-8,15H2,1H3,(H,17,19). The molecule has 7 heteroatoms. The van der Waals surface area contributed by atoms with Crippen LogP contribution in [-0.4, -0.2) is 56.2 Å². The van der Waals surface area contributed by atoms with Crippen molar-refractivity contribution in [1.29, 1.82) is 0 Å². The second-order valence-electron chi connectivity index (χ2n) is 5.78. The number of hydrogen-bond acceptors (Lipinski definition) is 6. The Hall–Kier alpha value is -1.31. The summed E-state index contributed by atoms with van der Waals surface area (Å²) in [7, 11) is 2.10. The third-order valence-corrected chi connectivity index (χ3v) is 4.83. The smallest absolute Gasteiger partial charge is 0.263 e. The number of anilines is 2. The lowest BCUT2D eigenvalue weighted by molar-refractivity contribution is -0.0116. The predicted molar refractivity (Wildman–Crippen MR) is 84.9 cm³/mol. The van der Waals surface area contributed by atoms with Crippen LogP contribution in [0, 0.1) is 0 Å². The Kier molecular flexibility index (Phi) is 4.32. The molecule has 1 aromatic rings. The van der Waals surface area contributed by atoms with Crippen LogP contribution in [0.3, 0.4) is 0 Å². The van der Waals surface area contributed by atoms with Gasteiger partial charge in [0.25, 0.3) is 5.91 Å². The van der Waals surface area contributed by atoms with Crippen LogP contribution in [-0.2, 0) is 4.74 Å². The van der Waals surface area contributed by atoms with Crippen molar-refractivity contribution >= 4 is 27.9 Å². The number of nitrogens with two attached hydrogens (primary N) is 1. The summed E-state index contributed by atoms with van der Waals surface area (Å²) in [6, 6.07) is 2.18. The first-order valence-corrected chi connectivity index (χ1v) is 8.17. The number of ether oxygens (including phenoxy) is 1. The molecule has 1 amide bonds. The minimum Gasteiger partial charge on any atom is -0.397 e. The van der Waals surface area contributed by atoms with E-state index in [4.69, 9.17) is 10.5 Å². The molecule has 0 aromatic carbocycles. The Bertz CT molecular complexity index is 515. The van der Waals surface area contributed by atoms with Gasteiger partial charge in [-0.2, -0.15) is 0 Å². The average Bonchev–Trinajstić information content (AvgIpc) is 3.17. The van der Waals surface area contributed by atoms with Gasteiger partial charge in [0.2, 0.25) is 0 Å². The van der Waals surface area contributed by atoms with E-state index in [9.17, 15) is 4.79 Å². The fraction of sp³-hybridized carbons (Fsp3) is 0.643. The topological polar surface area (TPSA) is 79.6 Å². The molecule has 2 fully saturated rings. The average molecular weight is 310 g/mol. The third kappa shape index (κ3) is 3.87. The minimum absolute atomic E-state index is 0.0540. The van der Waals surface area contributed by atoms with Gasteiger partial charge in [-0.25, -0.2) is 0 Å². The Balaban J connectivity index is 1.54. The van der Waals surface area contributed by atoms with Gasteiger partial charge in [-0.1, -0.05) is 0 Å². The lowest BCUT2D eigenvalue weighted by Gasteiger charge is -2.30. The van der Waals surface area contributed by atoms with E-state index in [2.05, 4.69) is 22.6 Å². The largest absolute Gasteiger partial charge is 0.397 e. The molecule has 1 aliphatic carbocycles. The summed E-state index contributed by atoms with van der Waals surface area (Å²) < 4.78 is 5.71. The SMILES string of the molecule is CN1CCOC(CNc2cc(N)c(C(=O)NC3CC3)s2)C1. The van der Waals surface area contributed by atoms with Crippen LogP contribution >= 0.6 is 11.3 Å². The molecule has 0 radical (unpaired) electrons. The van der Waals surface area contributed by atoms with Gasteiger partial charge in [0.15, 0.2) is 0 Å². The molecule has 1 aliphatic heterocycles. The number of rotatable bonds is 5. The highest BCUT2D eigenvalue weighted by Gasteiger charge is 2.26. The molecule has 1 aromatic heterocycles. The number of hydrogen-bond donors (Lipinski definition) is 3. The first kappa shape index (κ1) is 14.6. The first-order chi connectivity index (χ1) is 10.1. The molecular weight excluding hydrogens is 288 g/mol. The number of nitrogen functional groups attached to an aromatic ring is 1. The zero-order valence-electron chi connectivity index (χ0n) is 12.2. The molecule has 0 bridgehead atoms. The summed E-state index contributed by atoms with van der Waals surface area (Å²) in [4.78, 5) is 14.9. The molecular formula is C14H22N4O2S. The molecule has 21 heavy (non-hydrogen) atoms. The van der Waals surface area contributed by atoms with Gasteiger partial charge in [-0.3, -0.25) is 4.79 Å². The van der Waals surface area contributed by atoms with E-state index in [0.29, 0.717) is 16.6 Å². The maximum absolute atomic E-state index is 12.0. The van der Waals surface area contributed by atoms with Crippen LogP contribution in [0.15, 0.2) is 6.07 Å². The molecule has 6 nitrogen and oxygen atoms in total. The van der Waals surface area contributed by atoms with E-state index < -0.39 is 0 Å². The van der Waals surface area contributed by atoms with Crippen molar-refractivity contribution in [2.45, 2.75) is 25.0 Å². The van der Waals surface area contributed by atoms with Gasteiger partial charge < -0.3 is 26.0 Å². The van der Waals surface area contributed by atoms with Crippen molar-refractivity contribution in [2.24, 2.45) is 0 Å². The maximum Gasteiger partial charge on any atom is 0.263 e. The zero-order valence-corrected chi connectivity index (χ0v) is 13.0. The quantitative estimate of drug-likeness (QED) is 0.755. The van der Waals surface area contributed by atoms with Crippen molar-refractivity contribution in [2.75, 3.05) is 44.3 Å². The van der Waals surface area contributed by atoms with Gasteiger partial charge in [0.1, 0.15) is 4.88 Å². The van der Waals surface area contributed by atoms with Crippen LogP contribution < -0.4 is 16.4 Å². The lowest BCUT2D eigenvalue weighted by atomic mass is 10.3. The van der Waals surface area contributed by atoms with Gasteiger partial charge >= 0.3 is 0 Å². The van der Waals surface area contributed by atoms with E-state index in [1.807, 2.05) is 6.07 Å². The maximum atomic E-state index is 12.0. The van der Waals surface area contributed by atoms with Crippen LogP contribution in [0.4, 0.5) is 10.7 Å². The molecule has 1 saturated heterocycles. The summed E-state index contributed by atoms with van der Waals surface area (Å²) in [5.74, 6) is -0.0540. The third-order valence-electron chi connectivity index (χ3n) is 3.73. The number of carbonyl (C=O) groups excluding carboxylic acids is 1. The highest BCUT2D eigenvalue weighted by atomic mass is 32.1. The number of morpholine rings is 1. The zero-order chi connectivity index (χ0) is 14.8. The normalized spacial score (nSPS) is 23.0. The second kappa shape index (κ2) is 6.21. The minimum atomic E-state index is -0.0540. The van der Waals surface area contributed by atoms with Crippen molar-refractivity contribution in [3.05, 3.63) is 10.9 Å². The van der Waals surface area contributed by atoms with Crippen molar-refractivity contribution in [1.82, 2.24) is 10.2 Å². The van der Waals surface area contributed by atoms with Crippen molar-refractivity contribution < 1.29 is 9.53 Å².